The van der Waals surface area contributed by atoms with E-state index in [1.165, 1.54) is 0 Å². The minimum absolute atomic E-state index is 0.0917. The third-order valence-corrected chi connectivity index (χ3v) is 5.78. The van der Waals surface area contributed by atoms with Crippen molar-refractivity contribution in [2.75, 3.05) is 38.2 Å². The number of carbonyl (C=O) groups is 1. The van der Waals surface area contributed by atoms with Crippen LogP contribution in [0.15, 0.2) is 47.0 Å². The highest BCUT2D eigenvalue weighted by molar-refractivity contribution is 5.77. The lowest BCUT2D eigenvalue weighted by molar-refractivity contribution is -0.132. The number of hydrogen-bond acceptors (Lipinski definition) is 6. The van der Waals surface area contributed by atoms with Crippen LogP contribution in [0.5, 0.6) is 5.75 Å². The summed E-state index contributed by atoms with van der Waals surface area (Å²) in [5.74, 6) is 2.55. The standard InChI is InChI=1S/C22H25N5O3/c1-29-19-7-3-2-5-17(19)25-11-13-26(14-12-25)20(28)15-27-10-4-6-18(27)22-24-23-21(30-22)16-8-9-16/h2-7,10,16H,8-9,11-15H2,1H3. The fourth-order valence-electron chi connectivity index (χ4n) is 3.91. The van der Waals surface area contributed by atoms with Gasteiger partial charge in [-0.3, -0.25) is 4.79 Å². The quantitative estimate of drug-likeness (QED) is 0.625. The highest BCUT2D eigenvalue weighted by Gasteiger charge is 2.30. The Labute approximate surface area is 175 Å². The summed E-state index contributed by atoms with van der Waals surface area (Å²) in [4.78, 5) is 17.1. The number of para-hydroxylation sites is 2. The molecule has 0 unspecified atom stereocenters. The number of amides is 1. The van der Waals surface area contributed by atoms with Crippen LogP contribution in [0.3, 0.4) is 0 Å². The average Bonchev–Trinajstić information content (AvgIpc) is 3.34. The van der Waals surface area contributed by atoms with E-state index < -0.39 is 0 Å². The maximum Gasteiger partial charge on any atom is 0.264 e. The van der Waals surface area contributed by atoms with E-state index in [2.05, 4.69) is 21.2 Å². The van der Waals surface area contributed by atoms with E-state index in [0.29, 0.717) is 30.8 Å². The minimum atomic E-state index is 0.0917. The Morgan fingerprint density at radius 1 is 1.10 bits per heavy atom. The van der Waals surface area contributed by atoms with Crippen molar-refractivity contribution < 1.29 is 13.9 Å². The Hall–Kier alpha value is -3.29. The van der Waals surface area contributed by atoms with Crippen molar-refractivity contribution in [3.8, 4) is 17.3 Å². The first kappa shape index (κ1) is 18.7. The molecular formula is C22H25N5O3. The van der Waals surface area contributed by atoms with Crippen molar-refractivity contribution >= 4 is 11.6 Å². The number of benzene rings is 1. The van der Waals surface area contributed by atoms with Crippen LogP contribution in [0.25, 0.3) is 11.6 Å². The number of anilines is 1. The van der Waals surface area contributed by atoms with Gasteiger partial charge in [-0.05, 0) is 37.1 Å². The van der Waals surface area contributed by atoms with Gasteiger partial charge in [-0.2, -0.15) is 0 Å². The Morgan fingerprint density at radius 3 is 2.67 bits per heavy atom. The lowest BCUT2D eigenvalue weighted by Gasteiger charge is -2.36. The number of ether oxygens (including phenoxy) is 1. The van der Waals surface area contributed by atoms with Gasteiger partial charge in [0.05, 0.1) is 12.8 Å². The Bertz CT molecular complexity index is 1030. The summed E-state index contributed by atoms with van der Waals surface area (Å²) < 4.78 is 13.2. The molecule has 30 heavy (non-hydrogen) atoms. The summed E-state index contributed by atoms with van der Waals surface area (Å²) in [5.41, 5.74) is 1.86. The van der Waals surface area contributed by atoms with E-state index in [-0.39, 0.29) is 12.5 Å². The van der Waals surface area contributed by atoms with Gasteiger partial charge in [0.25, 0.3) is 5.89 Å². The number of nitrogens with zero attached hydrogens (tertiary/aromatic N) is 5. The van der Waals surface area contributed by atoms with Gasteiger partial charge in [0.2, 0.25) is 11.8 Å². The van der Waals surface area contributed by atoms with Crippen molar-refractivity contribution in [1.82, 2.24) is 19.7 Å². The monoisotopic (exact) mass is 407 g/mol. The zero-order valence-electron chi connectivity index (χ0n) is 17.0. The van der Waals surface area contributed by atoms with E-state index in [1.54, 1.807) is 7.11 Å². The molecule has 3 aromatic rings. The number of methoxy groups -OCH3 is 1. The topological polar surface area (TPSA) is 76.6 Å². The third-order valence-electron chi connectivity index (χ3n) is 5.78. The molecule has 0 radical (unpaired) electrons. The van der Waals surface area contributed by atoms with Crippen LogP contribution in [0, 0.1) is 0 Å². The van der Waals surface area contributed by atoms with Gasteiger partial charge in [-0.15, -0.1) is 10.2 Å². The summed E-state index contributed by atoms with van der Waals surface area (Å²) in [6.07, 6.45) is 4.11. The molecule has 1 aliphatic carbocycles. The van der Waals surface area contributed by atoms with E-state index in [4.69, 9.17) is 9.15 Å². The van der Waals surface area contributed by atoms with Crippen LogP contribution in [0.2, 0.25) is 0 Å². The van der Waals surface area contributed by atoms with Gasteiger partial charge in [0.1, 0.15) is 18.0 Å². The fourth-order valence-corrected chi connectivity index (χ4v) is 3.91. The molecule has 1 amide bonds. The second-order valence-corrected chi connectivity index (χ2v) is 7.78. The van der Waals surface area contributed by atoms with E-state index in [9.17, 15) is 4.79 Å². The Kier molecular flexibility index (Phi) is 4.90. The Morgan fingerprint density at radius 2 is 1.90 bits per heavy atom. The molecule has 1 saturated heterocycles. The van der Waals surface area contributed by atoms with Crippen molar-refractivity contribution in [2.24, 2.45) is 0 Å². The maximum absolute atomic E-state index is 12.9. The molecule has 1 aromatic carbocycles. The zero-order chi connectivity index (χ0) is 20.5. The molecular weight excluding hydrogens is 382 g/mol. The molecule has 5 rings (SSSR count). The number of aromatic nitrogens is 3. The first-order valence-electron chi connectivity index (χ1n) is 10.4. The fraction of sp³-hybridized carbons (Fsp3) is 0.409. The molecule has 2 fully saturated rings. The molecule has 156 valence electrons. The molecule has 2 aliphatic rings. The van der Waals surface area contributed by atoms with Gasteiger partial charge >= 0.3 is 0 Å². The minimum Gasteiger partial charge on any atom is -0.495 e. The number of carbonyl (C=O) groups excluding carboxylic acids is 1. The zero-order valence-corrected chi connectivity index (χ0v) is 17.0. The molecule has 3 heterocycles. The van der Waals surface area contributed by atoms with E-state index in [0.717, 1.165) is 43.1 Å². The number of hydrogen-bond donors (Lipinski definition) is 0. The SMILES string of the molecule is COc1ccccc1N1CCN(C(=O)Cn2cccc2-c2nnc(C3CC3)o2)CC1. The first-order chi connectivity index (χ1) is 14.7. The predicted octanol–water partition coefficient (Wildman–Crippen LogP) is 2.77. The van der Waals surface area contributed by atoms with E-state index in [1.807, 2.05) is 46.0 Å². The lowest BCUT2D eigenvalue weighted by Crippen LogP contribution is -2.49. The highest BCUT2D eigenvalue weighted by atomic mass is 16.5. The van der Waals surface area contributed by atoms with Crippen LogP contribution in [0.1, 0.15) is 24.7 Å². The van der Waals surface area contributed by atoms with Gasteiger partial charge in [-0.1, -0.05) is 12.1 Å². The molecule has 1 saturated carbocycles. The lowest BCUT2D eigenvalue weighted by atomic mass is 10.2. The van der Waals surface area contributed by atoms with Crippen LogP contribution in [0.4, 0.5) is 5.69 Å². The summed E-state index contributed by atoms with van der Waals surface area (Å²) in [7, 11) is 1.68. The van der Waals surface area contributed by atoms with Crippen molar-refractivity contribution in [3.63, 3.8) is 0 Å². The van der Waals surface area contributed by atoms with Crippen LogP contribution in [-0.4, -0.2) is 58.9 Å². The molecule has 8 heteroatoms. The van der Waals surface area contributed by atoms with Crippen molar-refractivity contribution in [2.45, 2.75) is 25.3 Å². The smallest absolute Gasteiger partial charge is 0.264 e. The molecule has 0 spiro atoms. The van der Waals surface area contributed by atoms with Gasteiger partial charge < -0.3 is 23.5 Å². The average molecular weight is 407 g/mol. The Balaban J connectivity index is 1.22. The second-order valence-electron chi connectivity index (χ2n) is 7.78. The third kappa shape index (κ3) is 3.65. The van der Waals surface area contributed by atoms with Crippen molar-refractivity contribution in [1.29, 1.82) is 0 Å². The van der Waals surface area contributed by atoms with Crippen LogP contribution in [-0.2, 0) is 11.3 Å². The van der Waals surface area contributed by atoms with Gasteiger partial charge in [-0.25, -0.2) is 0 Å². The molecule has 2 aromatic heterocycles. The van der Waals surface area contributed by atoms with E-state index >= 15 is 0 Å². The summed E-state index contributed by atoms with van der Waals surface area (Å²) in [5, 5.41) is 8.33. The molecule has 0 atom stereocenters. The summed E-state index contributed by atoms with van der Waals surface area (Å²) in [6, 6.07) is 11.8. The van der Waals surface area contributed by atoms with Crippen LogP contribution < -0.4 is 9.64 Å². The maximum atomic E-state index is 12.9. The number of rotatable bonds is 6. The second kappa shape index (κ2) is 7.85. The molecule has 0 bridgehead atoms. The predicted molar refractivity (Wildman–Crippen MR) is 111 cm³/mol. The largest absolute Gasteiger partial charge is 0.495 e. The van der Waals surface area contributed by atoms with Crippen LogP contribution >= 0.6 is 0 Å². The molecule has 8 nitrogen and oxygen atoms in total. The van der Waals surface area contributed by atoms with Gasteiger partial charge in [0.15, 0.2) is 0 Å². The number of piperazine rings is 1. The molecule has 1 aliphatic heterocycles. The van der Waals surface area contributed by atoms with Gasteiger partial charge in [0, 0.05) is 38.3 Å². The molecule has 0 N–H and O–H groups in total. The summed E-state index contributed by atoms with van der Waals surface area (Å²) in [6.45, 7) is 3.18. The highest BCUT2D eigenvalue weighted by Crippen LogP contribution is 2.40. The van der Waals surface area contributed by atoms with Crippen molar-refractivity contribution in [3.05, 3.63) is 48.5 Å². The first-order valence-corrected chi connectivity index (χ1v) is 10.4. The normalized spacial score (nSPS) is 16.7. The summed E-state index contributed by atoms with van der Waals surface area (Å²) >= 11 is 0.